The lowest BCUT2D eigenvalue weighted by molar-refractivity contribution is -0.128. The van der Waals surface area contributed by atoms with Crippen molar-refractivity contribution in [1.29, 1.82) is 0 Å². The van der Waals surface area contributed by atoms with Crippen molar-refractivity contribution >= 4 is 22.4 Å². The molecule has 0 spiro atoms. The highest BCUT2D eigenvalue weighted by molar-refractivity contribution is 5.83. The number of hydrogen-bond acceptors (Lipinski definition) is 3. The average molecular weight is 459 g/mol. The molecule has 0 aliphatic carbocycles. The summed E-state index contributed by atoms with van der Waals surface area (Å²) in [5, 5.41) is 4.65. The first kappa shape index (κ1) is 21.8. The zero-order valence-electron chi connectivity index (χ0n) is 18.7. The van der Waals surface area contributed by atoms with E-state index in [2.05, 4.69) is 11.2 Å². The molecule has 2 heterocycles. The Morgan fingerprint density at radius 2 is 1.85 bits per heavy atom. The summed E-state index contributed by atoms with van der Waals surface area (Å²) in [4.78, 5) is 13.3. The highest BCUT2D eigenvalue weighted by Crippen LogP contribution is 2.32. The maximum absolute atomic E-state index is 15.4. The standard InChI is InChI=1S/C27H23F2N3O2/c1-18(33)31-13-11-21(12-14-31)20-7-9-23(10-8-20)32-26-22(16-30-32)15-24(28)27(25(26)29)34-17-19-5-3-2-4-6-19/h2-11,15-16H,12-14,17H2,1H3. The van der Waals surface area contributed by atoms with Crippen LogP contribution in [0.2, 0.25) is 0 Å². The largest absolute Gasteiger partial charge is 0.483 e. The molecule has 3 aromatic carbocycles. The van der Waals surface area contributed by atoms with Gasteiger partial charge in [-0.05, 0) is 41.3 Å². The van der Waals surface area contributed by atoms with Crippen LogP contribution in [0.1, 0.15) is 24.5 Å². The molecule has 0 fully saturated rings. The second-order valence-corrected chi connectivity index (χ2v) is 8.26. The molecule has 0 bridgehead atoms. The SMILES string of the molecule is CC(=O)N1CC=C(c2ccc(-n3ncc4cc(F)c(OCc5ccccc5)c(F)c43)cc2)CC1. The molecule has 0 unspecified atom stereocenters. The summed E-state index contributed by atoms with van der Waals surface area (Å²) < 4.78 is 37.0. The number of ether oxygens (including phenoxy) is 1. The molecule has 0 atom stereocenters. The predicted molar refractivity (Wildman–Crippen MR) is 127 cm³/mol. The van der Waals surface area contributed by atoms with Crippen LogP contribution in [0.5, 0.6) is 5.75 Å². The van der Waals surface area contributed by atoms with Gasteiger partial charge in [0.25, 0.3) is 0 Å². The Balaban J connectivity index is 1.43. The zero-order chi connectivity index (χ0) is 23.7. The van der Waals surface area contributed by atoms with Gasteiger partial charge in [-0.15, -0.1) is 0 Å². The number of fused-ring (bicyclic) bond motifs is 1. The number of rotatable bonds is 5. The fourth-order valence-corrected chi connectivity index (χ4v) is 4.19. The number of amides is 1. The normalized spacial score (nSPS) is 13.7. The number of benzene rings is 3. The van der Waals surface area contributed by atoms with Crippen molar-refractivity contribution in [1.82, 2.24) is 14.7 Å². The maximum Gasteiger partial charge on any atom is 0.219 e. The van der Waals surface area contributed by atoms with E-state index in [4.69, 9.17) is 4.74 Å². The summed E-state index contributed by atoms with van der Waals surface area (Å²) in [5.41, 5.74) is 3.83. The third kappa shape index (κ3) is 4.17. The third-order valence-electron chi connectivity index (χ3n) is 6.07. The number of carbonyl (C=O) groups excluding carboxylic acids is 1. The number of carbonyl (C=O) groups is 1. The average Bonchev–Trinajstić information content (AvgIpc) is 3.28. The highest BCUT2D eigenvalue weighted by Gasteiger charge is 2.20. The summed E-state index contributed by atoms with van der Waals surface area (Å²) in [6.45, 7) is 2.92. The molecule has 5 rings (SSSR count). The van der Waals surface area contributed by atoms with Gasteiger partial charge in [0.15, 0.2) is 17.4 Å². The minimum atomic E-state index is -0.785. The van der Waals surface area contributed by atoms with E-state index in [-0.39, 0.29) is 18.0 Å². The van der Waals surface area contributed by atoms with Crippen LogP contribution in [0.15, 0.2) is 72.9 Å². The molecule has 4 aromatic rings. The van der Waals surface area contributed by atoms with Gasteiger partial charge in [-0.2, -0.15) is 5.10 Å². The van der Waals surface area contributed by atoms with Gasteiger partial charge in [0.1, 0.15) is 12.1 Å². The molecule has 7 heteroatoms. The van der Waals surface area contributed by atoms with Crippen LogP contribution in [0.3, 0.4) is 0 Å². The Morgan fingerprint density at radius 1 is 1.09 bits per heavy atom. The number of hydrogen-bond donors (Lipinski definition) is 0. The van der Waals surface area contributed by atoms with Crippen LogP contribution in [0.25, 0.3) is 22.2 Å². The fraction of sp³-hybridized carbons (Fsp3) is 0.185. The minimum Gasteiger partial charge on any atom is -0.483 e. The lowest BCUT2D eigenvalue weighted by Gasteiger charge is -2.25. The lowest BCUT2D eigenvalue weighted by Crippen LogP contribution is -2.32. The molecular formula is C27H23F2N3O2. The number of halogens is 2. The Morgan fingerprint density at radius 3 is 2.53 bits per heavy atom. The monoisotopic (exact) mass is 459 g/mol. The van der Waals surface area contributed by atoms with Gasteiger partial charge < -0.3 is 9.64 Å². The molecule has 1 aromatic heterocycles. The molecule has 1 aliphatic rings. The van der Waals surface area contributed by atoms with Gasteiger partial charge in [-0.1, -0.05) is 48.5 Å². The molecule has 0 radical (unpaired) electrons. The smallest absolute Gasteiger partial charge is 0.219 e. The molecular weight excluding hydrogens is 436 g/mol. The van der Waals surface area contributed by atoms with Crippen LogP contribution < -0.4 is 4.74 Å². The molecule has 5 nitrogen and oxygen atoms in total. The molecule has 1 amide bonds. The first-order chi connectivity index (χ1) is 16.5. The lowest BCUT2D eigenvalue weighted by atomic mass is 9.99. The summed E-state index contributed by atoms with van der Waals surface area (Å²) in [6, 6.07) is 18.1. The van der Waals surface area contributed by atoms with Crippen molar-refractivity contribution in [2.24, 2.45) is 0 Å². The molecule has 0 saturated carbocycles. The quantitative estimate of drug-likeness (QED) is 0.395. The Labute approximate surface area is 195 Å². The topological polar surface area (TPSA) is 47.4 Å². The second kappa shape index (κ2) is 9.09. The third-order valence-corrected chi connectivity index (χ3v) is 6.07. The van der Waals surface area contributed by atoms with Gasteiger partial charge in [0.05, 0.1) is 11.9 Å². The minimum absolute atomic E-state index is 0.0548. The van der Waals surface area contributed by atoms with E-state index in [1.807, 2.05) is 54.6 Å². The van der Waals surface area contributed by atoms with Gasteiger partial charge in [-0.3, -0.25) is 4.79 Å². The zero-order valence-corrected chi connectivity index (χ0v) is 18.7. The maximum atomic E-state index is 15.4. The van der Waals surface area contributed by atoms with Crippen molar-refractivity contribution < 1.29 is 18.3 Å². The van der Waals surface area contributed by atoms with Crippen molar-refractivity contribution in [3.8, 4) is 11.4 Å². The van der Waals surface area contributed by atoms with Crippen LogP contribution in [0, 0.1) is 11.6 Å². The van der Waals surface area contributed by atoms with Gasteiger partial charge in [0.2, 0.25) is 5.91 Å². The molecule has 1 aliphatic heterocycles. The first-order valence-electron chi connectivity index (χ1n) is 11.1. The summed E-state index contributed by atoms with van der Waals surface area (Å²) in [5.74, 6) is -1.90. The van der Waals surface area contributed by atoms with Crippen LogP contribution in [-0.4, -0.2) is 33.7 Å². The number of aromatic nitrogens is 2. The van der Waals surface area contributed by atoms with E-state index in [1.165, 1.54) is 22.5 Å². The van der Waals surface area contributed by atoms with E-state index in [0.29, 0.717) is 24.2 Å². The van der Waals surface area contributed by atoms with Crippen molar-refractivity contribution in [3.05, 3.63) is 95.7 Å². The van der Waals surface area contributed by atoms with E-state index in [0.717, 1.165) is 17.5 Å². The van der Waals surface area contributed by atoms with Gasteiger partial charge in [-0.25, -0.2) is 13.5 Å². The Hall–Kier alpha value is -4.00. The number of nitrogens with zero attached hydrogens (tertiary/aromatic N) is 3. The van der Waals surface area contributed by atoms with Crippen LogP contribution in [0.4, 0.5) is 8.78 Å². The highest BCUT2D eigenvalue weighted by atomic mass is 19.1. The predicted octanol–water partition coefficient (Wildman–Crippen LogP) is 5.52. The first-order valence-corrected chi connectivity index (χ1v) is 11.1. The van der Waals surface area contributed by atoms with E-state index >= 15 is 4.39 Å². The molecule has 0 saturated heterocycles. The Kier molecular flexibility index (Phi) is 5.84. The van der Waals surface area contributed by atoms with Crippen LogP contribution >= 0.6 is 0 Å². The van der Waals surface area contributed by atoms with Crippen molar-refractivity contribution in [2.45, 2.75) is 20.0 Å². The summed E-state index contributed by atoms with van der Waals surface area (Å²) in [6.07, 6.45) is 4.28. The van der Waals surface area contributed by atoms with Gasteiger partial charge in [0, 0.05) is 25.4 Å². The molecule has 172 valence electrons. The van der Waals surface area contributed by atoms with E-state index < -0.39 is 17.4 Å². The fourth-order valence-electron chi connectivity index (χ4n) is 4.19. The second-order valence-electron chi connectivity index (χ2n) is 8.26. The molecule has 0 N–H and O–H groups in total. The van der Waals surface area contributed by atoms with Gasteiger partial charge >= 0.3 is 0 Å². The Bertz CT molecular complexity index is 1380. The van der Waals surface area contributed by atoms with Crippen molar-refractivity contribution in [3.63, 3.8) is 0 Å². The van der Waals surface area contributed by atoms with E-state index in [1.54, 1.807) is 11.8 Å². The molecule has 34 heavy (non-hydrogen) atoms. The van der Waals surface area contributed by atoms with Crippen molar-refractivity contribution in [2.75, 3.05) is 13.1 Å². The summed E-state index contributed by atoms with van der Waals surface area (Å²) in [7, 11) is 0. The van der Waals surface area contributed by atoms with Crippen LogP contribution in [-0.2, 0) is 11.4 Å². The summed E-state index contributed by atoms with van der Waals surface area (Å²) >= 11 is 0. The van der Waals surface area contributed by atoms with E-state index in [9.17, 15) is 9.18 Å².